The van der Waals surface area contributed by atoms with E-state index in [4.69, 9.17) is 28.8 Å². The molecule has 0 aliphatic carbocycles. The van der Waals surface area contributed by atoms with E-state index in [1.165, 1.54) is 0 Å². The van der Waals surface area contributed by atoms with Crippen molar-refractivity contribution in [2.24, 2.45) is 0 Å². The fourth-order valence-corrected chi connectivity index (χ4v) is 12.4. The third-order valence-electron chi connectivity index (χ3n) is 16.5. The fraction of sp³-hybridized carbons (Fsp3) is 0. The molecule has 5 heterocycles. The van der Waals surface area contributed by atoms with Gasteiger partial charge in [-0.15, -0.1) is 0 Å². The Bertz CT molecular complexity index is 4960. The second-order valence-corrected chi connectivity index (χ2v) is 21.7. The van der Waals surface area contributed by atoms with Gasteiger partial charge in [-0.1, -0.05) is 212 Å². The molecule has 86 heavy (non-hydrogen) atoms. The lowest BCUT2D eigenvalue weighted by atomic mass is 9.86. The van der Waals surface area contributed by atoms with Crippen LogP contribution in [0.25, 0.3) is 167 Å². The molecule has 16 aromatic rings. The minimum absolute atomic E-state index is 0.686. The largest absolute Gasteiger partial charge is 0.456 e. The molecule has 0 unspecified atom stereocenters. The van der Waals surface area contributed by atoms with Gasteiger partial charge < -0.3 is 8.83 Å². The zero-order chi connectivity index (χ0) is 56.9. The number of furan rings is 2. The van der Waals surface area contributed by atoms with E-state index >= 15 is 0 Å². The summed E-state index contributed by atoms with van der Waals surface area (Å²) >= 11 is 0. The maximum Gasteiger partial charge on any atom is 0.159 e. The van der Waals surface area contributed by atoms with Crippen molar-refractivity contribution < 1.29 is 8.83 Å². The van der Waals surface area contributed by atoms with E-state index < -0.39 is 0 Å². The first-order valence-electron chi connectivity index (χ1n) is 28.9. The van der Waals surface area contributed by atoms with Gasteiger partial charge in [0.05, 0.1) is 11.4 Å². The normalized spacial score (nSPS) is 11.5. The topological polar surface area (TPSA) is 77.8 Å². The number of nitrogens with zero attached hydrogens (tertiary/aromatic N) is 4. The lowest BCUT2D eigenvalue weighted by Crippen LogP contribution is -1.94. The number of aromatic nitrogens is 4. The van der Waals surface area contributed by atoms with E-state index in [2.05, 4.69) is 212 Å². The summed E-state index contributed by atoms with van der Waals surface area (Å²) in [6.45, 7) is 0. The first-order valence-corrected chi connectivity index (χ1v) is 28.9. The molecule has 11 aromatic carbocycles. The molecule has 0 bridgehead atoms. The van der Waals surface area contributed by atoms with E-state index in [1.54, 1.807) is 0 Å². The van der Waals surface area contributed by atoms with Gasteiger partial charge in [-0.05, 0) is 139 Å². The zero-order valence-corrected chi connectivity index (χ0v) is 46.5. The van der Waals surface area contributed by atoms with Crippen LogP contribution in [0.15, 0.2) is 313 Å². The highest BCUT2D eigenvalue weighted by molar-refractivity contribution is 6.13. The van der Waals surface area contributed by atoms with Crippen LogP contribution < -0.4 is 0 Å². The SMILES string of the molecule is c1ccc(-c2ncc(-c3ccccc3-c3cc(-c4ccccc4-c4ccc(-c5cccc(-c6cccc7oc8ccccc8c67)c5)nc4)cc(-c4ccccc4-c4ccc(-c5cccc(-c6cccc7oc8ccccc8c67)c5)nc4)c3)cn2)cc1. The number of fused-ring (bicyclic) bond motifs is 6. The fourth-order valence-electron chi connectivity index (χ4n) is 12.4. The van der Waals surface area contributed by atoms with Gasteiger partial charge in [0, 0.05) is 79.7 Å². The Balaban J connectivity index is 0.779. The van der Waals surface area contributed by atoms with Gasteiger partial charge in [0.1, 0.15) is 22.3 Å². The molecule has 0 aliphatic rings. The van der Waals surface area contributed by atoms with Crippen LogP contribution in [-0.2, 0) is 0 Å². The predicted octanol–water partition coefficient (Wildman–Crippen LogP) is 21.4. The molecular formula is C80H50N4O2. The van der Waals surface area contributed by atoms with Crippen LogP contribution in [0.2, 0.25) is 0 Å². The molecule has 0 aliphatic heterocycles. The average molecular weight is 1100 g/mol. The van der Waals surface area contributed by atoms with Crippen molar-refractivity contribution in [3.8, 4) is 123 Å². The minimum atomic E-state index is 0.686. The first kappa shape index (κ1) is 50.2. The predicted molar refractivity (Wildman–Crippen MR) is 352 cm³/mol. The molecule has 0 saturated heterocycles. The molecule has 6 heteroatoms. The molecule has 402 valence electrons. The molecule has 16 rings (SSSR count). The van der Waals surface area contributed by atoms with E-state index in [0.717, 1.165) is 161 Å². The summed E-state index contributed by atoms with van der Waals surface area (Å²) in [6.07, 6.45) is 7.89. The highest BCUT2D eigenvalue weighted by Crippen LogP contribution is 2.44. The lowest BCUT2D eigenvalue weighted by molar-refractivity contribution is 0.668. The number of pyridine rings is 2. The van der Waals surface area contributed by atoms with Gasteiger partial charge in [0.15, 0.2) is 5.82 Å². The summed E-state index contributed by atoms with van der Waals surface area (Å²) in [4.78, 5) is 20.1. The third kappa shape index (κ3) is 9.10. The van der Waals surface area contributed by atoms with Crippen molar-refractivity contribution in [2.75, 3.05) is 0 Å². The average Bonchev–Trinajstić information content (AvgIpc) is 2.78. The molecule has 0 amide bonds. The molecule has 0 radical (unpaired) electrons. The van der Waals surface area contributed by atoms with Crippen LogP contribution >= 0.6 is 0 Å². The Kier molecular flexibility index (Phi) is 12.4. The Morgan fingerprint density at radius 2 is 0.523 bits per heavy atom. The maximum absolute atomic E-state index is 6.27. The lowest BCUT2D eigenvalue weighted by Gasteiger charge is -2.18. The second kappa shape index (κ2) is 21.3. The van der Waals surface area contributed by atoms with E-state index in [1.807, 2.05) is 91.5 Å². The smallest absolute Gasteiger partial charge is 0.159 e. The van der Waals surface area contributed by atoms with E-state index in [0.29, 0.717) is 5.82 Å². The Morgan fingerprint density at radius 1 is 0.198 bits per heavy atom. The highest BCUT2D eigenvalue weighted by Gasteiger charge is 2.20. The first-order chi connectivity index (χ1) is 42.6. The number of benzene rings is 11. The summed E-state index contributed by atoms with van der Waals surface area (Å²) in [5.74, 6) is 0.686. The van der Waals surface area contributed by atoms with Crippen molar-refractivity contribution in [3.63, 3.8) is 0 Å². The van der Waals surface area contributed by atoms with Gasteiger partial charge in [0.2, 0.25) is 0 Å². The Hall–Kier alpha value is -11.6. The van der Waals surface area contributed by atoms with Crippen LogP contribution in [0, 0.1) is 0 Å². The van der Waals surface area contributed by atoms with Gasteiger partial charge >= 0.3 is 0 Å². The number of hydrogen-bond acceptors (Lipinski definition) is 6. The van der Waals surface area contributed by atoms with E-state index in [-0.39, 0.29) is 0 Å². The summed E-state index contributed by atoms with van der Waals surface area (Å²) < 4.78 is 12.5. The monoisotopic (exact) mass is 1100 g/mol. The van der Waals surface area contributed by atoms with Crippen LogP contribution in [0.1, 0.15) is 0 Å². The molecule has 0 N–H and O–H groups in total. The van der Waals surface area contributed by atoms with Crippen molar-refractivity contribution in [3.05, 3.63) is 304 Å². The molecule has 0 fully saturated rings. The van der Waals surface area contributed by atoms with Crippen LogP contribution in [0.4, 0.5) is 0 Å². The van der Waals surface area contributed by atoms with Gasteiger partial charge in [0.25, 0.3) is 0 Å². The quantitative estimate of drug-likeness (QED) is 0.128. The van der Waals surface area contributed by atoms with Crippen molar-refractivity contribution >= 4 is 43.9 Å². The van der Waals surface area contributed by atoms with E-state index in [9.17, 15) is 0 Å². The molecule has 0 spiro atoms. The van der Waals surface area contributed by atoms with Crippen LogP contribution in [0.3, 0.4) is 0 Å². The maximum atomic E-state index is 6.27. The molecule has 6 nitrogen and oxygen atoms in total. The number of para-hydroxylation sites is 2. The zero-order valence-electron chi connectivity index (χ0n) is 46.5. The molecule has 0 saturated carbocycles. The van der Waals surface area contributed by atoms with Crippen molar-refractivity contribution in [1.82, 2.24) is 19.9 Å². The van der Waals surface area contributed by atoms with Gasteiger partial charge in [-0.3, -0.25) is 9.97 Å². The summed E-state index contributed by atoms with van der Waals surface area (Å²) in [5, 5.41) is 4.44. The minimum Gasteiger partial charge on any atom is -0.456 e. The van der Waals surface area contributed by atoms with Crippen LogP contribution in [-0.4, -0.2) is 19.9 Å². The molecule has 0 atom stereocenters. The van der Waals surface area contributed by atoms with Crippen molar-refractivity contribution in [2.45, 2.75) is 0 Å². The summed E-state index contributed by atoms with van der Waals surface area (Å²) in [7, 11) is 0. The third-order valence-corrected chi connectivity index (χ3v) is 16.5. The van der Waals surface area contributed by atoms with Crippen LogP contribution in [0.5, 0.6) is 0 Å². The summed E-state index contributed by atoms with van der Waals surface area (Å²) in [6, 6.07) is 98.0. The van der Waals surface area contributed by atoms with Gasteiger partial charge in [-0.2, -0.15) is 0 Å². The number of rotatable bonds is 11. The molecule has 5 aromatic heterocycles. The van der Waals surface area contributed by atoms with Gasteiger partial charge in [-0.25, -0.2) is 9.97 Å². The summed E-state index contributed by atoms with van der Waals surface area (Å²) in [5.41, 5.74) is 25.4. The number of hydrogen-bond donors (Lipinski definition) is 0. The highest BCUT2D eigenvalue weighted by atomic mass is 16.3. The Morgan fingerprint density at radius 3 is 0.965 bits per heavy atom. The van der Waals surface area contributed by atoms with Crippen molar-refractivity contribution in [1.29, 1.82) is 0 Å². The second-order valence-electron chi connectivity index (χ2n) is 21.7. The molecular weight excluding hydrogens is 1050 g/mol. The standard InChI is InChI=1S/C80H50N4O2/c1-2-18-51(19-3-1)80-83-49-61(50-84-80)67-29-9-8-28-66(67)60-45-58(64-26-6-4-24-62(64)56-38-40-72(81-47-56)54-22-14-20-52(42-54)68-32-16-36-76-78(68)70-30-10-12-34-74(70)85-76)44-59(46-60)65-27-7-5-25-63(65)57-39-41-73(82-48-57)55-23-15-21-53(43-55)69-33-17-37-77-79(69)71-31-11-13-35-75(71)86-77/h1-50H. The Labute approximate surface area is 496 Å².